The second-order valence-corrected chi connectivity index (χ2v) is 7.10. The van der Waals surface area contributed by atoms with Gasteiger partial charge < -0.3 is 5.32 Å². The van der Waals surface area contributed by atoms with Crippen molar-refractivity contribution in [2.75, 3.05) is 7.05 Å². The molecular weight excluding hydrogens is 240 g/mol. The van der Waals surface area contributed by atoms with Crippen LogP contribution in [0.5, 0.6) is 0 Å². The minimum absolute atomic E-state index is 0.682. The van der Waals surface area contributed by atoms with E-state index < -0.39 is 0 Å². The fraction of sp³-hybridized carbons (Fsp3) is 0.800. The predicted molar refractivity (Wildman–Crippen MR) is 79.1 cm³/mol. The van der Waals surface area contributed by atoms with Crippen LogP contribution in [0.2, 0.25) is 0 Å². The molecule has 0 amide bonds. The van der Waals surface area contributed by atoms with Gasteiger partial charge in [-0.05, 0) is 57.4 Å². The maximum absolute atomic E-state index is 4.63. The van der Waals surface area contributed by atoms with Crippen molar-refractivity contribution in [3.05, 3.63) is 16.1 Å². The van der Waals surface area contributed by atoms with Crippen LogP contribution in [0.4, 0.5) is 0 Å². The summed E-state index contributed by atoms with van der Waals surface area (Å²) in [5.74, 6) is 2.49. The van der Waals surface area contributed by atoms with E-state index in [9.17, 15) is 0 Å². The van der Waals surface area contributed by atoms with Gasteiger partial charge in [-0.3, -0.25) is 0 Å². The van der Waals surface area contributed by atoms with Crippen LogP contribution in [0, 0.1) is 24.7 Å². The molecule has 3 atom stereocenters. The van der Waals surface area contributed by atoms with Crippen molar-refractivity contribution in [3.8, 4) is 0 Å². The smallest absolute Gasteiger partial charge is 0.0897 e. The number of aromatic nitrogens is 1. The van der Waals surface area contributed by atoms with E-state index in [4.69, 9.17) is 0 Å². The van der Waals surface area contributed by atoms with Gasteiger partial charge in [-0.25, -0.2) is 4.98 Å². The van der Waals surface area contributed by atoms with E-state index >= 15 is 0 Å². The topological polar surface area (TPSA) is 24.9 Å². The van der Waals surface area contributed by atoms with Crippen molar-refractivity contribution in [2.45, 2.75) is 52.5 Å². The summed E-state index contributed by atoms with van der Waals surface area (Å²) in [4.78, 5) is 4.63. The molecule has 1 aromatic rings. The molecular formula is C15H26N2S. The Balaban J connectivity index is 2.02. The molecule has 18 heavy (non-hydrogen) atoms. The van der Waals surface area contributed by atoms with E-state index in [-0.39, 0.29) is 0 Å². The van der Waals surface area contributed by atoms with Crippen LogP contribution in [-0.4, -0.2) is 18.1 Å². The maximum atomic E-state index is 4.63. The van der Waals surface area contributed by atoms with Crippen LogP contribution < -0.4 is 5.32 Å². The summed E-state index contributed by atoms with van der Waals surface area (Å²) >= 11 is 1.78. The van der Waals surface area contributed by atoms with Gasteiger partial charge >= 0.3 is 0 Å². The number of aryl methyl sites for hydroxylation is 1. The molecule has 1 saturated carbocycles. The minimum Gasteiger partial charge on any atom is -0.317 e. The standard InChI is InChI=1S/C15H26N2S/c1-10(2)12-5-6-15(16-4)13(7-12)8-14-9-18-11(3)17-14/h9-10,12-13,15-16H,5-8H2,1-4H3. The summed E-state index contributed by atoms with van der Waals surface area (Å²) in [6.07, 6.45) is 5.22. The zero-order chi connectivity index (χ0) is 13.1. The quantitative estimate of drug-likeness (QED) is 0.899. The molecule has 3 heteroatoms. The molecule has 2 nitrogen and oxygen atoms in total. The first kappa shape index (κ1) is 14.0. The van der Waals surface area contributed by atoms with Crippen LogP contribution in [0.1, 0.15) is 43.8 Å². The molecule has 2 rings (SSSR count). The van der Waals surface area contributed by atoms with Gasteiger partial charge in [-0.1, -0.05) is 13.8 Å². The lowest BCUT2D eigenvalue weighted by atomic mass is 9.72. The Morgan fingerprint density at radius 3 is 2.78 bits per heavy atom. The Hall–Kier alpha value is -0.410. The van der Waals surface area contributed by atoms with Crippen LogP contribution in [0.3, 0.4) is 0 Å². The lowest BCUT2D eigenvalue weighted by molar-refractivity contribution is 0.172. The predicted octanol–water partition coefficient (Wildman–Crippen LogP) is 3.65. The summed E-state index contributed by atoms with van der Waals surface area (Å²) in [5, 5.41) is 6.95. The average molecular weight is 266 g/mol. The van der Waals surface area contributed by atoms with Crippen molar-refractivity contribution in [1.29, 1.82) is 0 Å². The first-order chi connectivity index (χ1) is 8.60. The van der Waals surface area contributed by atoms with E-state index in [1.807, 2.05) is 0 Å². The van der Waals surface area contributed by atoms with Crippen molar-refractivity contribution in [1.82, 2.24) is 10.3 Å². The molecule has 1 fully saturated rings. The number of rotatable bonds is 4. The number of thiazole rings is 1. The van der Waals surface area contributed by atoms with Gasteiger partial charge in [0.2, 0.25) is 0 Å². The number of nitrogens with one attached hydrogen (secondary N) is 1. The van der Waals surface area contributed by atoms with Gasteiger partial charge in [0.25, 0.3) is 0 Å². The monoisotopic (exact) mass is 266 g/mol. The highest BCUT2D eigenvalue weighted by Gasteiger charge is 2.31. The minimum atomic E-state index is 0.682. The van der Waals surface area contributed by atoms with Crippen LogP contribution in [0.25, 0.3) is 0 Å². The Labute approximate surface area is 115 Å². The van der Waals surface area contributed by atoms with E-state index in [1.54, 1.807) is 11.3 Å². The van der Waals surface area contributed by atoms with Crippen molar-refractivity contribution in [3.63, 3.8) is 0 Å². The Morgan fingerprint density at radius 2 is 2.22 bits per heavy atom. The van der Waals surface area contributed by atoms with Crippen molar-refractivity contribution < 1.29 is 0 Å². The lowest BCUT2D eigenvalue weighted by Crippen LogP contribution is -2.40. The summed E-state index contributed by atoms with van der Waals surface area (Å²) in [6.45, 7) is 6.84. The SMILES string of the molecule is CNC1CCC(C(C)C)CC1Cc1csc(C)n1. The molecule has 0 saturated heterocycles. The maximum Gasteiger partial charge on any atom is 0.0897 e. The third-order valence-corrected chi connectivity index (χ3v) is 5.30. The molecule has 0 radical (unpaired) electrons. The molecule has 1 aromatic heterocycles. The van der Waals surface area contributed by atoms with Gasteiger partial charge in [0.15, 0.2) is 0 Å². The van der Waals surface area contributed by atoms with E-state index in [0.717, 1.165) is 24.2 Å². The highest BCUT2D eigenvalue weighted by atomic mass is 32.1. The number of nitrogens with zero attached hydrogens (tertiary/aromatic N) is 1. The Bertz CT molecular complexity index is 372. The third kappa shape index (κ3) is 3.33. The fourth-order valence-electron chi connectivity index (χ4n) is 3.28. The molecule has 0 spiro atoms. The second-order valence-electron chi connectivity index (χ2n) is 6.03. The molecule has 1 heterocycles. The van der Waals surface area contributed by atoms with Gasteiger partial charge in [0.05, 0.1) is 10.7 Å². The van der Waals surface area contributed by atoms with E-state index in [0.29, 0.717) is 6.04 Å². The van der Waals surface area contributed by atoms with Crippen molar-refractivity contribution in [2.24, 2.45) is 17.8 Å². The summed E-state index contributed by atoms with van der Waals surface area (Å²) < 4.78 is 0. The molecule has 1 aliphatic rings. The van der Waals surface area contributed by atoms with Crippen LogP contribution >= 0.6 is 11.3 Å². The normalized spacial score (nSPS) is 28.8. The Kier molecular flexibility index (Phi) is 4.79. The number of hydrogen-bond donors (Lipinski definition) is 1. The summed E-state index contributed by atoms with van der Waals surface area (Å²) in [5.41, 5.74) is 1.30. The van der Waals surface area contributed by atoms with Crippen LogP contribution in [-0.2, 0) is 6.42 Å². The van der Waals surface area contributed by atoms with Crippen LogP contribution in [0.15, 0.2) is 5.38 Å². The molecule has 0 bridgehead atoms. The van der Waals surface area contributed by atoms with Gasteiger partial charge in [-0.2, -0.15) is 0 Å². The first-order valence-corrected chi connectivity index (χ1v) is 8.06. The third-order valence-electron chi connectivity index (χ3n) is 4.47. The molecule has 1 N–H and O–H groups in total. The summed E-state index contributed by atoms with van der Waals surface area (Å²) in [7, 11) is 2.11. The van der Waals surface area contributed by atoms with Gasteiger partial charge in [0, 0.05) is 11.4 Å². The van der Waals surface area contributed by atoms with E-state index in [2.05, 4.69) is 43.5 Å². The Morgan fingerprint density at radius 1 is 1.44 bits per heavy atom. The van der Waals surface area contributed by atoms with Gasteiger partial charge in [-0.15, -0.1) is 11.3 Å². The van der Waals surface area contributed by atoms with Crippen molar-refractivity contribution >= 4 is 11.3 Å². The average Bonchev–Trinajstić information content (AvgIpc) is 2.74. The highest BCUT2D eigenvalue weighted by molar-refractivity contribution is 7.09. The largest absolute Gasteiger partial charge is 0.317 e. The lowest BCUT2D eigenvalue weighted by Gasteiger charge is -2.37. The first-order valence-electron chi connectivity index (χ1n) is 7.18. The fourth-order valence-corrected chi connectivity index (χ4v) is 3.91. The summed E-state index contributed by atoms with van der Waals surface area (Å²) in [6, 6.07) is 0.682. The zero-order valence-corrected chi connectivity index (χ0v) is 12.9. The highest BCUT2D eigenvalue weighted by Crippen LogP contribution is 2.35. The second kappa shape index (κ2) is 6.16. The molecule has 0 aliphatic heterocycles. The number of hydrogen-bond acceptors (Lipinski definition) is 3. The molecule has 102 valence electrons. The van der Waals surface area contributed by atoms with E-state index in [1.165, 1.54) is 30.0 Å². The molecule has 3 unspecified atom stereocenters. The zero-order valence-electron chi connectivity index (χ0n) is 12.1. The molecule has 0 aromatic carbocycles. The molecule has 1 aliphatic carbocycles. The van der Waals surface area contributed by atoms with Gasteiger partial charge in [0.1, 0.15) is 0 Å².